The Balaban J connectivity index is 0.00000392. The number of nitrogens with zero attached hydrogens (tertiary/aromatic N) is 1. The second-order valence-corrected chi connectivity index (χ2v) is 5.84. The number of hydrogen-bond acceptors (Lipinski definition) is 3. The zero-order valence-electron chi connectivity index (χ0n) is 16.0. The first-order valence-electron chi connectivity index (χ1n) is 8.94. The molecule has 0 amide bonds. The average molecular weight is 505 g/mol. The summed E-state index contributed by atoms with van der Waals surface area (Å²) in [5, 5.41) is 16.0. The molecule has 0 aliphatic carbocycles. The molecule has 2 rings (SSSR count). The van der Waals surface area contributed by atoms with Crippen LogP contribution in [0.4, 0.5) is 8.78 Å². The maximum Gasteiger partial charge on any atom is 0.191 e. The maximum atomic E-state index is 13.7. The van der Waals surface area contributed by atoms with E-state index in [2.05, 4.69) is 15.6 Å². The molecule has 8 heteroatoms. The van der Waals surface area contributed by atoms with Gasteiger partial charge in [0.1, 0.15) is 11.6 Å². The fourth-order valence-corrected chi connectivity index (χ4v) is 2.49. The van der Waals surface area contributed by atoms with Gasteiger partial charge in [-0.25, -0.2) is 13.8 Å². The minimum absolute atomic E-state index is 0. The van der Waals surface area contributed by atoms with Crippen LogP contribution >= 0.6 is 24.0 Å². The molecule has 0 aromatic heterocycles. The van der Waals surface area contributed by atoms with Gasteiger partial charge < -0.3 is 20.5 Å². The average Bonchev–Trinajstić information content (AvgIpc) is 2.65. The third-order valence-electron chi connectivity index (χ3n) is 3.78. The van der Waals surface area contributed by atoms with Crippen molar-refractivity contribution in [2.24, 2.45) is 4.99 Å². The van der Waals surface area contributed by atoms with Gasteiger partial charge in [0.2, 0.25) is 0 Å². The summed E-state index contributed by atoms with van der Waals surface area (Å²) in [5.74, 6) is 0.203. The van der Waals surface area contributed by atoms with Gasteiger partial charge in [0.05, 0.1) is 13.2 Å². The second kappa shape index (κ2) is 12.4. The lowest BCUT2D eigenvalue weighted by Crippen LogP contribution is -2.38. The third-order valence-corrected chi connectivity index (χ3v) is 3.78. The third kappa shape index (κ3) is 7.49. The van der Waals surface area contributed by atoms with Gasteiger partial charge in [-0.3, -0.25) is 0 Å². The Morgan fingerprint density at radius 1 is 1.11 bits per heavy atom. The van der Waals surface area contributed by atoms with Crippen LogP contribution in [0.3, 0.4) is 0 Å². The number of aliphatic imine (C=N–C) groups is 1. The van der Waals surface area contributed by atoms with Crippen LogP contribution in [0.15, 0.2) is 41.4 Å². The van der Waals surface area contributed by atoms with Crippen LogP contribution in [0.25, 0.3) is 0 Å². The second-order valence-electron chi connectivity index (χ2n) is 5.84. The molecular formula is C20H26F2IN3O2. The molecule has 0 bridgehead atoms. The molecule has 0 radical (unpaired) electrons. The molecular weight excluding hydrogens is 479 g/mol. The Morgan fingerprint density at radius 3 is 2.61 bits per heavy atom. The normalized spacial score (nSPS) is 10.9. The Morgan fingerprint density at radius 2 is 1.89 bits per heavy atom. The fourth-order valence-electron chi connectivity index (χ4n) is 2.49. The minimum atomic E-state index is -0.454. The van der Waals surface area contributed by atoms with Crippen LogP contribution in [-0.4, -0.2) is 30.8 Å². The number of phenolic OH excluding ortho intramolecular Hbond substituents is 1. The molecule has 28 heavy (non-hydrogen) atoms. The molecule has 0 aliphatic heterocycles. The molecule has 0 spiro atoms. The number of guanidine groups is 1. The molecule has 2 aromatic rings. The highest BCUT2D eigenvalue weighted by atomic mass is 127. The number of benzene rings is 2. The van der Waals surface area contributed by atoms with Gasteiger partial charge in [-0.2, -0.15) is 0 Å². The van der Waals surface area contributed by atoms with Gasteiger partial charge in [0, 0.05) is 13.1 Å². The van der Waals surface area contributed by atoms with Crippen molar-refractivity contribution in [3.63, 3.8) is 0 Å². The summed E-state index contributed by atoms with van der Waals surface area (Å²) >= 11 is 0. The molecule has 2 aromatic carbocycles. The molecule has 0 unspecified atom stereocenters. The zero-order chi connectivity index (χ0) is 19.6. The van der Waals surface area contributed by atoms with Crippen LogP contribution in [-0.2, 0) is 13.0 Å². The minimum Gasteiger partial charge on any atom is -0.504 e. The number of ether oxygens (including phenoxy) is 1. The van der Waals surface area contributed by atoms with Crippen LogP contribution in [0.1, 0.15) is 25.0 Å². The Labute approximate surface area is 181 Å². The van der Waals surface area contributed by atoms with E-state index in [-0.39, 0.29) is 29.7 Å². The molecule has 5 nitrogen and oxygen atoms in total. The monoisotopic (exact) mass is 505 g/mol. The van der Waals surface area contributed by atoms with E-state index in [0.717, 1.165) is 17.7 Å². The zero-order valence-corrected chi connectivity index (χ0v) is 18.3. The lowest BCUT2D eigenvalue weighted by molar-refractivity contribution is 0.318. The smallest absolute Gasteiger partial charge is 0.191 e. The number of aromatic hydroxyl groups is 1. The molecule has 0 atom stereocenters. The molecule has 0 aliphatic rings. The molecule has 154 valence electrons. The Bertz CT molecular complexity index is 788. The molecule has 0 fully saturated rings. The van der Waals surface area contributed by atoms with Crippen LogP contribution in [0.2, 0.25) is 0 Å². The van der Waals surface area contributed by atoms with Crippen molar-refractivity contribution >= 4 is 29.9 Å². The molecule has 0 saturated heterocycles. The lowest BCUT2D eigenvalue weighted by atomic mass is 10.1. The number of halogens is 3. The number of rotatable bonds is 8. The van der Waals surface area contributed by atoms with Crippen molar-refractivity contribution in [1.82, 2.24) is 10.6 Å². The van der Waals surface area contributed by atoms with Crippen LogP contribution in [0.5, 0.6) is 11.5 Å². The fraction of sp³-hybridized carbons (Fsp3) is 0.350. The largest absolute Gasteiger partial charge is 0.504 e. The highest BCUT2D eigenvalue weighted by molar-refractivity contribution is 14.0. The van der Waals surface area contributed by atoms with Crippen molar-refractivity contribution in [2.45, 2.75) is 26.8 Å². The topological polar surface area (TPSA) is 65.9 Å². The van der Waals surface area contributed by atoms with E-state index < -0.39 is 11.6 Å². The SMILES string of the molecule is CCNC(=NCc1ccc(O)c(OCC)c1)NCCc1cc(F)ccc1F.I. The van der Waals surface area contributed by atoms with Crippen molar-refractivity contribution in [2.75, 3.05) is 19.7 Å². The van der Waals surface area contributed by atoms with E-state index in [1.165, 1.54) is 6.07 Å². The number of phenols is 1. The lowest BCUT2D eigenvalue weighted by Gasteiger charge is -2.12. The standard InChI is InChI=1S/C20H25F2N3O2.HI/c1-3-23-20(24-10-9-15-12-16(21)6-7-17(15)22)25-13-14-5-8-18(26)19(11-14)27-4-2;/h5-8,11-12,26H,3-4,9-10,13H2,1-2H3,(H2,23,24,25);1H. The molecule has 3 N–H and O–H groups in total. The van der Waals surface area contributed by atoms with Crippen molar-refractivity contribution in [3.05, 3.63) is 59.2 Å². The van der Waals surface area contributed by atoms with Crippen molar-refractivity contribution in [3.8, 4) is 11.5 Å². The van der Waals surface area contributed by atoms with Gasteiger partial charge in [-0.1, -0.05) is 6.07 Å². The van der Waals surface area contributed by atoms with E-state index in [9.17, 15) is 13.9 Å². The van der Waals surface area contributed by atoms with Gasteiger partial charge in [-0.05, 0) is 61.7 Å². The molecule has 0 heterocycles. The van der Waals surface area contributed by atoms with E-state index in [1.54, 1.807) is 18.2 Å². The van der Waals surface area contributed by atoms with Gasteiger partial charge in [0.15, 0.2) is 17.5 Å². The van der Waals surface area contributed by atoms with Crippen molar-refractivity contribution < 1.29 is 18.6 Å². The first-order chi connectivity index (χ1) is 13.0. The summed E-state index contributed by atoms with van der Waals surface area (Å²) in [6.07, 6.45) is 0.335. The van der Waals surface area contributed by atoms with Gasteiger partial charge >= 0.3 is 0 Å². The predicted octanol–water partition coefficient (Wildman–Crippen LogP) is 3.98. The maximum absolute atomic E-state index is 13.7. The van der Waals surface area contributed by atoms with E-state index in [1.807, 2.05) is 13.8 Å². The highest BCUT2D eigenvalue weighted by Gasteiger charge is 2.06. The Kier molecular flexibility index (Phi) is 10.6. The quantitative estimate of drug-likeness (QED) is 0.289. The summed E-state index contributed by atoms with van der Waals surface area (Å²) in [7, 11) is 0. The summed E-state index contributed by atoms with van der Waals surface area (Å²) in [4.78, 5) is 4.48. The van der Waals surface area contributed by atoms with Gasteiger partial charge in [0.25, 0.3) is 0 Å². The summed E-state index contributed by atoms with van der Waals surface area (Å²) in [6.45, 7) is 5.70. The summed E-state index contributed by atoms with van der Waals surface area (Å²) in [6, 6.07) is 8.52. The first-order valence-corrected chi connectivity index (χ1v) is 8.94. The predicted molar refractivity (Wildman–Crippen MR) is 118 cm³/mol. The van der Waals surface area contributed by atoms with Crippen LogP contribution < -0.4 is 15.4 Å². The Hall–Kier alpha value is -2.10. The first kappa shape index (κ1) is 23.9. The van der Waals surface area contributed by atoms with E-state index >= 15 is 0 Å². The highest BCUT2D eigenvalue weighted by Crippen LogP contribution is 2.27. The summed E-state index contributed by atoms with van der Waals surface area (Å²) < 4.78 is 32.3. The van der Waals surface area contributed by atoms with E-state index in [0.29, 0.717) is 49.9 Å². The van der Waals surface area contributed by atoms with E-state index in [4.69, 9.17) is 4.74 Å². The van der Waals surface area contributed by atoms with Crippen LogP contribution in [0, 0.1) is 11.6 Å². The molecule has 0 saturated carbocycles. The number of nitrogens with one attached hydrogen (secondary N) is 2. The summed E-state index contributed by atoms with van der Waals surface area (Å²) in [5.41, 5.74) is 1.20. The number of hydrogen-bond donors (Lipinski definition) is 3. The van der Waals surface area contributed by atoms with Crippen molar-refractivity contribution in [1.29, 1.82) is 0 Å². The van der Waals surface area contributed by atoms with Gasteiger partial charge in [-0.15, -0.1) is 24.0 Å².